The standard InChI is InChI=1S/C14H19NO4/c16-11-4-5-12(13(17)8-11)10-3-1-2-9(6-10)7-14(18)15-19/h4-5,8-10,16-17,19H,1-3,6-7H2,(H,15,18). The third-order valence-electron chi connectivity index (χ3n) is 3.84. The van der Waals surface area contributed by atoms with Crippen molar-refractivity contribution in [3.8, 4) is 11.5 Å². The molecule has 0 saturated heterocycles. The predicted octanol–water partition coefficient (Wildman–Crippen LogP) is 2.27. The Labute approximate surface area is 111 Å². The molecule has 1 aliphatic rings. The van der Waals surface area contributed by atoms with E-state index in [-0.39, 0.29) is 29.2 Å². The molecule has 1 amide bonds. The van der Waals surface area contributed by atoms with Crippen molar-refractivity contribution in [2.24, 2.45) is 5.92 Å². The number of hydroxylamine groups is 1. The first-order chi connectivity index (χ1) is 9.10. The summed E-state index contributed by atoms with van der Waals surface area (Å²) in [5.74, 6) is 0.219. The molecule has 4 N–H and O–H groups in total. The number of nitrogens with one attached hydrogen (secondary N) is 1. The average molecular weight is 265 g/mol. The van der Waals surface area contributed by atoms with E-state index < -0.39 is 0 Å². The number of carbonyl (C=O) groups excluding carboxylic acids is 1. The van der Waals surface area contributed by atoms with Crippen molar-refractivity contribution in [3.63, 3.8) is 0 Å². The van der Waals surface area contributed by atoms with Gasteiger partial charge in [0.1, 0.15) is 11.5 Å². The minimum absolute atomic E-state index is 0.0493. The van der Waals surface area contributed by atoms with Gasteiger partial charge in [0.05, 0.1) is 0 Å². The monoisotopic (exact) mass is 265 g/mol. The molecule has 2 atom stereocenters. The summed E-state index contributed by atoms with van der Waals surface area (Å²) in [5.41, 5.74) is 2.49. The number of phenolic OH excluding ortho intramolecular Hbond substituents is 2. The fourth-order valence-electron chi connectivity index (χ4n) is 2.94. The molecule has 2 rings (SSSR count). The summed E-state index contributed by atoms with van der Waals surface area (Å²) in [6.45, 7) is 0. The van der Waals surface area contributed by atoms with Crippen LogP contribution in [0, 0.1) is 5.92 Å². The maximum atomic E-state index is 11.2. The molecule has 1 fully saturated rings. The summed E-state index contributed by atoms with van der Waals surface area (Å²) < 4.78 is 0. The number of carbonyl (C=O) groups is 1. The molecule has 0 bridgehead atoms. The third kappa shape index (κ3) is 3.38. The second kappa shape index (κ2) is 5.93. The zero-order chi connectivity index (χ0) is 13.8. The number of amides is 1. The second-order valence-corrected chi connectivity index (χ2v) is 5.21. The van der Waals surface area contributed by atoms with Crippen molar-refractivity contribution >= 4 is 5.91 Å². The van der Waals surface area contributed by atoms with Crippen LogP contribution in [0.3, 0.4) is 0 Å². The van der Waals surface area contributed by atoms with E-state index >= 15 is 0 Å². The van der Waals surface area contributed by atoms with E-state index in [9.17, 15) is 15.0 Å². The molecule has 0 aromatic heterocycles. The Morgan fingerprint density at radius 1 is 1.32 bits per heavy atom. The first kappa shape index (κ1) is 13.7. The van der Waals surface area contributed by atoms with Gasteiger partial charge in [-0.05, 0) is 42.7 Å². The number of benzene rings is 1. The van der Waals surface area contributed by atoms with Gasteiger partial charge in [-0.1, -0.05) is 12.5 Å². The number of aromatic hydroxyl groups is 2. The van der Waals surface area contributed by atoms with Gasteiger partial charge < -0.3 is 10.2 Å². The molecule has 0 radical (unpaired) electrons. The Morgan fingerprint density at radius 2 is 2.11 bits per heavy atom. The zero-order valence-electron chi connectivity index (χ0n) is 10.7. The molecular weight excluding hydrogens is 246 g/mol. The van der Waals surface area contributed by atoms with Crippen molar-refractivity contribution in [2.75, 3.05) is 0 Å². The van der Waals surface area contributed by atoms with Gasteiger partial charge in [-0.3, -0.25) is 10.0 Å². The summed E-state index contributed by atoms with van der Waals surface area (Å²) in [7, 11) is 0. The van der Waals surface area contributed by atoms with Gasteiger partial charge in [0, 0.05) is 12.5 Å². The van der Waals surface area contributed by atoms with Gasteiger partial charge >= 0.3 is 0 Å². The topological polar surface area (TPSA) is 89.8 Å². The Balaban J connectivity index is 2.06. The van der Waals surface area contributed by atoms with Crippen LogP contribution in [0.5, 0.6) is 11.5 Å². The van der Waals surface area contributed by atoms with Gasteiger partial charge in [0.25, 0.3) is 0 Å². The molecule has 104 valence electrons. The Morgan fingerprint density at radius 3 is 2.79 bits per heavy atom. The van der Waals surface area contributed by atoms with Gasteiger partial charge in [0.2, 0.25) is 5.91 Å². The lowest BCUT2D eigenvalue weighted by Crippen LogP contribution is -2.24. The molecule has 1 saturated carbocycles. The highest BCUT2D eigenvalue weighted by Crippen LogP contribution is 2.41. The van der Waals surface area contributed by atoms with Crippen molar-refractivity contribution in [1.29, 1.82) is 0 Å². The van der Waals surface area contributed by atoms with E-state index in [1.165, 1.54) is 6.07 Å². The van der Waals surface area contributed by atoms with Gasteiger partial charge in [-0.2, -0.15) is 0 Å². The summed E-state index contributed by atoms with van der Waals surface area (Å²) in [5, 5.41) is 27.7. The fourth-order valence-corrected chi connectivity index (χ4v) is 2.94. The van der Waals surface area contributed by atoms with Crippen LogP contribution < -0.4 is 5.48 Å². The van der Waals surface area contributed by atoms with E-state index in [0.29, 0.717) is 6.42 Å². The molecule has 19 heavy (non-hydrogen) atoms. The number of rotatable bonds is 3. The highest BCUT2D eigenvalue weighted by atomic mass is 16.5. The molecule has 1 aromatic carbocycles. The van der Waals surface area contributed by atoms with Crippen LogP contribution in [0.1, 0.15) is 43.6 Å². The third-order valence-corrected chi connectivity index (χ3v) is 3.84. The normalized spacial score (nSPS) is 23.0. The fraction of sp³-hybridized carbons (Fsp3) is 0.500. The molecule has 5 heteroatoms. The van der Waals surface area contributed by atoms with Crippen LogP contribution in [0.25, 0.3) is 0 Å². The largest absolute Gasteiger partial charge is 0.508 e. The van der Waals surface area contributed by atoms with Crippen LogP contribution in [0.15, 0.2) is 18.2 Å². The van der Waals surface area contributed by atoms with E-state index in [4.69, 9.17) is 5.21 Å². The minimum atomic E-state index is -0.361. The lowest BCUT2D eigenvalue weighted by atomic mass is 9.76. The Bertz CT molecular complexity index is 461. The average Bonchev–Trinajstić information content (AvgIpc) is 2.39. The van der Waals surface area contributed by atoms with E-state index in [1.807, 2.05) is 0 Å². The maximum absolute atomic E-state index is 11.2. The number of hydrogen-bond donors (Lipinski definition) is 4. The SMILES string of the molecule is O=C(CC1CCCC(c2ccc(O)cc2O)C1)NO. The highest BCUT2D eigenvalue weighted by Gasteiger charge is 2.26. The molecule has 0 heterocycles. The predicted molar refractivity (Wildman–Crippen MR) is 69.0 cm³/mol. The summed E-state index contributed by atoms with van der Waals surface area (Å²) in [4.78, 5) is 11.2. The molecule has 2 unspecified atom stereocenters. The molecule has 0 aliphatic heterocycles. The van der Waals surface area contributed by atoms with Crippen LogP contribution in [-0.4, -0.2) is 21.3 Å². The number of phenols is 2. The van der Waals surface area contributed by atoms with Crippen LogP contribution in [-0.2, 0) is 4.79 Å². The van der Waals surface area contributed by atoms with Crippen molar-refractivity contribution in [3.05, 3.63) is 23.8 Å². The molecule has 5 nitrogen and oxygen atoms in total. The van der Waals surface area contributed by atoms with Crippen molar-refractivity contribution in [2.45, 2.75) is 38.0 Å². The highest BCUT2D eigenvalue weighted by molar-refractivity contribution is 5.74. The van der Waals surface area contributed by atoms with Gasteiger partial charge in [-0.15, -0.1) is 0 Å². The van der Waals surface area contributed by atoms with Crippen LogP contribution >= 0.6 is 0 Å². The van der Waals surface area contributed by atoms with Crippen molar-refractivity contribution < 1.29 is 20.2 Å². The molecule has 1 aliphatic carbocycles. The van der Waals surface area contributed by atoms with E-state index in [0.717, 1.165) is 31.2 Å². The van der Waals surface area contributed by atoms with Gasteiger partial charge in [-0.25, -0.2) is 5.48 Å². The minimum Gasteiger partial charge on any atom is -0.508 e. The van der Waals surface area contributed by atoms with Crippen LogP contribution in [0.4, 0.5) is 0 Å². The first-order valence-electron chi connectivity index (χ1n) is 6.55. The van der Waals surface area contributed by atoms with Crippen LogP contribution in [0.2, 0.25) is 0 Å². The summed E-state index contributed by atoms with van der Waals surface area (Å²) in [6.07, 6.45) is 4.05. The zero-order valence-corrected chi connectivity index (χ0v) is 10.7. The summed E-state index contributed by atoms with van der Waals surface area (Å²) >= 11 is 0. The lowest BCUT2D eigenvalue weighted by Gasteiger charge is -2.29. The van der Waals surface area contributed by atoms with E-state index in [1.54, 1.807) is 17.6 Å². The van der Waals surface area contributed by atoms with Gasteiger partial charge in [0.15, 0.2) is 0 Å². The first-order valence-corrected chi connectivity index (χ1v) is 6.55. The number of hydrogen-bond acceptors (Lipinski definition) is 4. The second-order valence-electron chi connectivity index (χ2n) is 5.21. The molecular formula is C14H19NO4. The Hall–Kier alpha value is -1.75. The molecule has 0 spiro atoms. The quantitative estimate of drug-likeness (QED) is 0.498. The lowest BCUT2D eigenvalue weighted by molar-refractivity contribution is -0.130. The smallest absolute Gasteiger partial charge is 0.243 e. The summed E-state index contributed by atoms with van der Waals surface area (Å²) in [6, 6.07) is 4.66. The maximum Gasteiger partial charge on any atom is 0.243 e. The van der Waals surface area contributed by atoms with Crippen molar-refractivity contribution in [1.82, 2.24) is 5.48 Å². The molecule has 1 aromatic rings. The Kier molecular flexibility index (Phi) is 4.27. The van der Waals surface area contributed by atoms with E-state index in [2.05, 4.69) is 0 Å².